The Kier molecular flexibility index (Phi) is 5.14. The molecular weight excluding hydrogens is 310 g/mol. The van der Waals surface area contributed by atoms with Gasteiger partial charge in [-0.3, -0.25) is 4.98 Å². The molecule has 112 valence electrons. The van der Waals surface area contributed by atoms with Gasteiger partial charge in [0.05, 0.1) is 19.3 Å². The first kappa shape index (κ1) is 15.7. The highest BCUT2D eigenvalue weighted by Crippen LogP contribution is 2.30. The number of esters is 1. The minimum Gasteiger partial charge on any atom is -0.465 e. The zero-order chi connectivity index (χ0) is 15.4. The highest BCUT2D eigenvalue weighted by atomic mass is 35.5. The Labute approximate surface area is 132 Å². The quantitative estimate of drug-likeness (QED) is 0.789. The van der Waals surface area contributed by atoms with Gasteiger partial charge in [0, 0.05) is 12.2 Å². The van der Waals surface area contributed by atoms with Crippen LogP contribution in [0.1, 0.15) is 28.0 Å². The topological polar surface area (TPSA) is 55.3 Å². The van der Waals surface area contributed by atoms with Crippen molar-refractivity contribution in [1.82, 2.24) is 9.97 Å². The van der Waals surface area contributed by atoms with E-state index in [0.717, 1.165) is 17.9 Å². The van der Waals surface area contributed by atoms with Crippen LogP contribution in [0.25, 0.3) is 0 Å². The van der Waals surface area contributed by atoms with E-state index in [1.54, 1.807) is 0 Å². The lowest BCUT2D eigenvalue weighted by molar-refractivity contribution is 0.0606. The Morgan fingerprint density at radius 1 is 1.43 bits per heavy atom. The number of anilines is 1. The maximum Gasteiger partial charge on any atom is 0.351 e. The molecule has 2 aromatic rings. The van der Waals surface area contributed by atoms with Gasteiger partial charge in [-0.1, -0.05) is 29.0 Å². The molecule has 2 rings (SSSR count). The van der Waals surface area contributed by atoms with Gasteiger partial charge in [0.25, 0.3) is 0 Å². The fourth-order valence-electron chi connectivity index (χ4n) is 1.84. The van der Waals surface area contributed by atoms with E-state index < -0.39 is 5.97 Å². The minimum absolute atomic E-state index is 0.178. The van der Waals surface area contributed by atoms with Crippen LogP contribution in [-0.2, 0) is 11.3 Å². The first-order chi connectivity index (χ1) is 10.0. The fourth-order valence-corrected chi connectivity index (χ4v) is 3.10. The lowest BCUT2D eigenvalue weighted by Gasteiger charge is -2.19. The molecule has 0 atom stereocenters. The number of thiazole rings is 1. The molecule has 0 aliphatic rings. The van der Waals surface area contributed by atoms with E-state index >= 15 is 0 Å². The standard InChI is InChI=1S/C14H16ClN3O2S/c1-4-18(8-10-7-5-6-9(2)16-10)14-17-12(15)11(21-14)13(19)20-3/h5-7H,4,8H2,1-3H3. The Balaban J connectivity index is 2.23. The molecule has 7 heteroatoms. The number of pyridine rings is 1. The van der Waals surface area contributed by atoms with E-state index in [4.69, 9.17) is 16.3 Å². The van der Waals surface area contributed by atoms with Crippen molar-refractivity contribution in [3.8, 4) is 0 Å². The van der Waals surface area contributed by atoms with E-state index in [9.17, 15) is 4.79 Å². The van der Waals surface area contributed by atoms with E-state index in [1.807, 2.05) is 36.9 Å². The van der Waals surface area contributed by atoms with E-state index in [2.05, 4.69) is 9.97 Å². The van der Waals surface area contributed by atoms with Crippen molar-refractivity contribution in [2.45, 2.75) is 20.4 Å². The summed E-state index contributed by atoms with van der Waals surface area (Å²) in [5.41, 5.74) is 1.92. The predicted molar refractivity (Wildman–Crippen MR) is 84.2 cm³/mol. The highest BCUT2D eigenvalue weighted by molar-refractivity contribution is 7.18. The van der Waals surface area contributed by atoms with Crippen molar-refractivity contribution in [2.75, 3.05) is 18.6 Å². The third-order valence-electron chi connectivity index (χ3n) is 2.90. The van der Waals surface area contributed by atoms with E-state index in [-0.39, 0.29) is 5.15 Å². The first-order valence-electron chi connectivity index (χ1n) is 6.47. The number of hydrogen-bond acceptors (Lipinski definition) is 6. The Morgan fingerprint density at radius 3 is 2.81 bits per heavy atom. The summed E-state index contributed by atoms with van der Waals surface area (Å²) in [6, 6.07) is 5.89. The zero-order valence-electron chi connectivity index (χ0n) is 12.1. The summed E-state index contributed by atoms with van der Waals surface area (Å²) in [5, 5.41) is 0.865. The van der Waals surface area contributed by atoms with Gasteiger partial charge in [0.1, 0.15) is 0 Å². The van der Waals surface area contributed by atoms with Crippen LogP contribution in [0.3, 0.4) is 0 Å². The third-order valence-corrected chi connectivity index (χ3v) is 4.38. The zero-order valence-corrected chi connectivity index (χ0v) is 13.7. The van der Waals surface area contributed by atoms with Gasteiger partial charge in [-0.05, 0) is 26.0 Å². The number of nitrogens with zero attached hydrogens (tertiary/aromatic N) is 3. The van der Waals surface area contributed by atoms with Gasteiger partial charge < -0.3 is 9.64 Å². The van der Waals surface area contributed by atoms with Gasteiger partial charge in [0.2, 0.25) is 0 Å². The monoisotopic (exact) mass is 325 g/mol. The summed E-state index contributed by atoms with van der Waals surface area (Å²) in [4.78, 5) is 22.7. The number of rotatable bonds is 5. The number of aromatic nitrogens is 2. The molecule has 0 saturated carbocycles. The summed E-state index contributed by atoms with van der Waals surface area (Å²) in [7, 11) is 1.33. The summed E-state index contributed by atoms with van der Waals surface area (Å²) in [5.74, 6) is -0.464. The van der Waals surface area contributed by atoms with Crippen LogP contribution in [-0.4, -0.2) is 29.6 Å². The highest BCUT2D eigenvalue weighted by Gasteiger charge is 2.20. The van der Waals surface area contributed by atoms with Crippen LogP contribution < -0.4 is 4.90 Å². The molecule has 0 unspecified atom stereocenters. The van der Waals surface area contributed by atoms with Crippen LogP contribution in [0.2, 0.25) is 5.15 Å². The smallest absolute Gasteiger partial charge is 0.351 e. The van der Waals surface area contributed by atoms with Gasteiger partial charge in [0.15, 0.2) is 15.2 Å². The van der Waals surface area contributed by atoms with Gasteiger partial charge >= 0.3 is 5.97 Å². The van der Waals surface area contributed by atoms with Gasteiger partial charge in [-0.15, -0.1) is 0 Å². The van der Waals surface area contributed by atoms with Crippen LogP contribution in [0.5, 0.6) is 0 Å². The molecule has 0 fully saturated rings. The van der Waals surface area contributed by atoms with Crippen LogP contribution in [0.4, 0.5) is 5.13 Å². The summed E-state index contributed by atoms with van der Waals surface area (Å²) < 4.78 is 4.69. The third kappa shape index (κ3) is 3.71. The fraction of sp³-hybridized carbons (Fsp3) is 0.357. The molecule has 0 aliphatic carbocycles. The Morgan fingerprint density at radius 2 is 2.19 bits per heavy atom. The lowest BCUT2D eigenvalue weighted by atomic mass is 10.3. The van der Waals surface area contributed by atoms with Crippen molar-refractivity contribution < 1.29 is 9.53 Å². The van der Waals surface area contributed by atoms with Crippen molar-refractivity contribution in [2.24, 2.45) is 0 Å². The molecule has 21 heavy (non-hydrogen) atoms. The van der Waals surface area contributed by atoms with E-state index in [0.29, 0.717) is 16.6 Å². The number of ether oxygens (including phenoxy) is 1. The summed E-state index contributed by atoms with van der Waals surface area (Å²) in [6.07, 6.45) is 0. The van der Waals surface area contributed by atoms with Crippen molar-refractivity contribution in [3.05, 3.63) is 39.6 Å². The predicted octanol–water partition coefficient (Wildman–Crippen LogP) is 3.31. The number of carbonyl (C=O) groups is 1. The average Bonchev–Trinajstić information content (AvgIpc) is 2.86. The Hall–Kier alpha value is -1.66. The first-order valence-corrected chi connectivity index (χ1v) is 7.66. The van der Waals surface area contributed by atoms with Crippen molar-refractivity contribution in [1.29, 1.82) is 0 Å². The summed E-state index contributed by atoms with van der Waals surface area (Å²) >= 11 is 7.23. The molecule has 0 radical (unpaired) electrons. The number of carbonyl (C=O) groups excluding carboxylic acids is 1. The molecule has 2 heterocycles. The number of hydrogen-bond donors (Lipinski definition) is 0. The number of methoxy groups -OCH3 is 1. The molecule has 0 N–H and O–H groups in total. The molecule has 2 aromatic heterocycles. The second-order valence-corrected chi connectivity index (χ2v) is 5.73. The number of halogens is 1. The minimum atomic E-state index is -0.464. The molecule has 0 aromatic carbocycles. The van der Waals surface area contributed by atoms with E-state index in [1.165, 1.54) is 18.4 Å². The largest absolute Gasteiger partial charge is 0.465 e. The second-order valence-electron chi connectivity index (χ2n) is 4.39. The molecule has 5 nitrogen and oxygen atoms in total. The second kappa shape index (κ2) is 6.87. The van der Waals surface area contributed by atoms with Crippen molar-refractivity contribution >= 4 is 34.0 Å². The SMILES string of the molecule is CCN(Cc1cccc(C)n1)c1nc(Cl)c(C(=O)OC)s1. The number of aryl methyl sites for hydroxylation is 1. The van der Waals surface area contributed by atoms with Crippen LogP contribution in [0.15, 0.2) is 18.2 Å². The maximum absolute atomic E-state index is 11.6. The molecule has 0 aliphatic heterocycles. The maximum atomic E-state index is 11.6. The molecule has 0 bridgehead atoms. The van der Waals surface area contributed by atoms with Gasteiger partial charge in [-0.2, -0.15) is 0 Å². The molecular formula is C14H16ClN3O2S. The van der Waals surface area contributed by atoms with Crippen molar-refractivity contribution in [3.63, 3.8) is 0 Å². The average molecular weight is 326 g/mol. The normalized spacial score (nSPS) is 10.5. The lowest BCUT2D eigenvalue weighted by Crippen LogP contribution is -2.22. The van der Waals surface area contributed by atoms with Crippen LogP contribution >= 0.6 is 22.9 Å². The summed E-state index contributed by atoms with van der Waals surface area (Å²) in [6.45, 7) is 5.32. The molecule has 0 amide bonds. The Bertz CT molecular complexity index is 645. The molecule has 0 saturated heterocycles. The molecule has 0 spiro atoms. The van der Waals surface area contributed by atoms with Crippen LogP contribution in [0, 0.1) is 6.92 Å². The van der Waals surface area contributed by atoms with Gasteiger partial charge in [-0.25, -0.2) is 9.78 Å².